The van der Waals surface area contributed by atoms with Crippen LogP contribution in [0.1, 0.15) is 35.5 Å². The van der Waals surface area contributed by atoms with Crippen LogP contribution in [0.15, 0.2) is 36.5 Å². The van der Waals surface area contributed by atoms with Crippen molar-refractivity contribution in [2.24, 2.45) is 0 Å². The summed E-state index contributed by atoms with van der Waals surface area (Å²) in [5.41, 5.74) is 1.19. The molecule has 1 unspecified atom stereocenters. The Kier molecular flexibility index (Phi) is 4.73. The van der Waals surface area contributed by atoms with Crippen LogP contribution in [0.3, 0.4) is 0 Å². The summed E-state index contributed by atoms with van der Waals surface area (Å²) in [6.07, 6.45) is 5.27. The Labute approximate surface area is 162 Å². The monoisotopic (exact) mass is 381 g/mol. The molecule has 5 rings (SSSR count). The van der Waals surface area contributed by atoms with E-state index in [9.17, 15) is 0 Å². The summed E-state index contributed by atoms with van der Waals surface area (Å²) in [5, 5.41) is 9.97. The number of rotatable bonds is 4. The van der Waals surface area contributed by atoms with Crippen LogP contribution in [0.5, 0.6) is 0 Å². The molecule has 3 aromatic rings. The predicted molar refractivity (Wildman–Crippen MR) is 104 cm³/mol. The van der Waals surface area contributed by atoms with Crippen LogP contribution in [-0.4, -0.2) is 44.3 Å². The standard InChI is InChI=1S/C20H23N5OS/c1-2-5-15(6-3-1)20-21-13-16(27-20)14-24-9-8-18-22-23-19(25(18)11-10-24)17-7-4-12-26-17/h1-3,5-6,13,17H,4,7-12,14H2. The number of hydrogen-bond acceptors (Lipinski definition) is 6. The minimum Gasteiger partial charge on any atom is -0.370 e. The molecule has 140 valence electrons. The van der Waals surface area contributed by atoms with Crippen LogP contribution in [-0.2, 0) is 24.2 Å². The molecule has 2 aliphatic heterocycles. The van der Waals surface area contributed by atoms with Gasteiger partial charge in [0.05, 0.1) is 0 Å². The molecular formula is C20H23N5OS. The Morgan fingerprint density at radius 3 is 2.89 bits per heavy atom. The zero-order chi connectivity index (χ0) is 18.1. The lowest BCUT2D eigenvalue weighted by atomic mass is 10.2. The van der Waals surface area contributed by atoms with E-state index >= 15 is 0 Å². The molecule has 0 bridgehead atoms. The molecule has 6 nitrogen and oxygen atoms in total. The molecule has 27 heavy (non-hydrogen) atoms. The van der Waals surface area contributed by atoms with Gasteiger partial charge >= 0.3 is 0 Å². The van der Waals surface area contributed by atoms with Gasteiger partial charge in [-0.25, -0.2) is 4.98 Å². The Balaban J connectivity index is 1.26. The molecule has 0 aliphatic carbocycles. The van der Waals surface area contributed by atoms with Crippen molar-refractivity contribution >= 4 is 11.3 Å². The molecule has 0 amide bonds. The van der Waals surface area contributed by atoms with E-state index in [1.165, 1.54) is 10.4 Å². The van der Waals surface area contributed by atoms with E-state index in [2.05, 4.69) is 48.9 Å². The molecule has 7 heteroatoms. The maximum Gasteiger partial charge on any atom is 0.162 e. The highest BCUT2D eigenvalue weighted by molar-refractivity contribution is 7.15. The molecule has 0 N–H and O–H groups in total. The highest BCUT2D eigenvalue weighted by Crippen LogP contribution is 2.29. The Morgan fingerprint density at radius 2 is 2.04 bits per heavy atom. The first-order valence-corrected chi connectivity index (χ1v) is 10.4. The highest BCUT2D eigenvalue weighted by atomic mass is 32.1. The molecular weight excluding hydrogens is 358 g/mol. The lowest BCUT2D eigenvalue weighted by Crippen LogP contribution is -2.26. The van der Waals surface area contributed by atoms with Crippen LogP contribution >= 0.6 is 11.3 Å². The van der Waals surface area contributed by atoms with E-state index in [0.717, 1.165) is 68.7 Å². The van der Waals surface area contributed by atoms with Crippen molar-refractivity contribution in [1.29, 1.82) is 0 Å². The normalized spacial score (nSPS) is 20.5. The van der Waals surface area contributed by atoms with Crippen molar-refractivity contribution < 1.29 is 4.74 Å². The SMILES string of the molecule is c1ccc(-c2ncc(CN3CCc4nnc(C5CCCO5)n4CC3)s2)cc1. The number of hydrogen-bond donors (Lipinski definition) is 0. The van der Waals surface area contributed by atoms with E-state index in [0.29, 0.717) is 0 Å². The van der Waals surface area contributed by atoms with Gasteiger partial charge in [0.15, 0.2) is 5.82 Å². The summed E-state index contributed by atoms with van der Waals surface area (Å²) in [4.78, 5) is 8.43. The number of nitrogens with zero attached hydrogens (tertiary/aromatic N) is 5. The summed E-state index contributed by atoms with van der Waals surface area (Å²) < 4.78 is 8.12. The lowest BCUT2D eigenvalue weighted by Gasteiger charge is -2.18. The molecule has 2 aromatic heterocycles. The average Bonchev–Trinajstić information content (AvgIpc) is 3.43. The summed E-state index contributed by atoms with van der Waals surface area (Å²) in [6, 6.07) is 10.4. The van der Waals surface area contributed by atoms with Gasteiger partial charge in [-0.2, -0.15) is 0 Å². The highest BCUT2D eigenvalue weighted by Gasteiger charge is 2.27. The minimum absolute atomic E-state index is 0.132. The first-order chi connectivity index (χ1) is 13.4. The maximum absolute atomic E-state index is 5.83. The topological polar surface area (TPSA) is 56.1 Å². The Bertz CT molecular complexity index is 900. The number of fused-ring (bicyclic) bond motifs is 1. The van der Waals surface area contributed by atoms with Crippen molar-refractivity contribution in [1.82, 2.24) is 24.6 Å². The smallest absolute Gasteiger partial charge is 0.162 e. The number of benzene rings is 1. The van der Waals surface area contributed by atoms with Gasteiger partial charge in [0.25, 0.3) is 0 Å². The third kappa shape index (κ3) is 3.54. The van der Waals surface area contributed by atoms with Crippen molar-refractivity contribution in [2.75, 3.05) is 19.7 Å². The lowest BCUT2D eigenvalue weighted by molar-refractivity contribution is 0.101. The third-order valence-electron chi connectivity index (χ3n) is 5.32. The summed E-state index contributed by atoms with van der Waals surface area (Å²) in [7, 11) is 0. The average molecular weight is 382 g/mol. The zero-order valence-corrected chi connectivity index (χ0v) is 16.1. The van der Waals surface area contributed by atoms with E-state index in [1.54, 1.807) is 11.3 Å². The van der Waals surface area contributed by atoms with Gasteiger partial charge in [0.1, 0.15) is 16.9 Å². The Hall–Kier alpha value is -2.09. The summed E-state index contributed by atoms with van der Waals surface area (Å²) >= 11 is 1.79. The first-order valence-electron chi connectivity index (χ1n) is 9.63. The fraction of sp³-hybridized carbons (Fsp3) is 0.450. The van der Waals surface area contributed by atoms with Gasteiger partial charge < -0.3 is 9.30 Å². The molecule has 1 saturated heterocycles. The second-order valence-electron chi connectivity index (χ2n) is 7.15. The van der Waals surface area contributed by atoms with Gasteiger partial charge in [0.2, 0.25) is 0 Å². The van der Waals surface area contributed by atoms with E-state index in [4.69, 9.17) is 4.74 Å². The molecule has 1 aromatic carbocycles. The van der Waals surface area contributed by atoms with E-state index < -0.39 is 0 Å². The van der Waals surface area contributed by atoms with Crippen molar-refractivity contribution in [3.05, 3.63) is 53.1 Å². The maximum atomic E-state index is 5.83. The van der Waals surface area contributed by atoms with Crippen molar-refractivity contribution in [2.45, 2.75) is 38.5 Å². The van der Waals surface area contributed by atoms with Crippen molar-refractivity contribution in [3.63, 3.8) is 0 Å². The molecule has 4 heterocycles. The number of ether oxygens (including phenoxy) is 1. The van der Waals surface area contributed by atoms with E-state index in [-0.39, 0.29) is 6.10 Å². The quantitative estimate of drug-likeness (QED) is 0.694. The van der Waals surface area contributed by atoms with E-state index in [1.807, 2.05) is 12.3 Å². The number of aromatic nitrogens is 4. The van der Waals surface area contributed by atoms with Gasteiger partial charge in [-0.3, -0.25) is 4.90 Å². The van der Waals surface area contributed by atoms with Crippen LogP contribution in [0, 0.1) is 0 Å². The second-order valence-corrected chi connectivity index (χ2v) is 8.27. The predicted octanol–water partition coefficient (Wildman–Crippen LogP) is 3.31. The second kappa shape index (κ2) is 7.50. The summed E-state index contributed by atoms with van der Waals surface area (Å²) in [6.45, 7) is 4.72. The third-order valence-corrected chi connectivity index (χ3v) is 6.35. The van der Waals surface area contributed by atoms with Crippen LogP contribution in [0.2, 0.25) is 0 Å². The summed E-state index contributed by atoms with van der Waals surface area (Å²) in [5.74, 6) is 2.12. The Morgan fingerprint density at radius 1 is 1.11 bits per heavy atom. The molecule has 1 fully saturated rings. The first kappa shape index (κ1) is 17.0. The van der Waals surface area contributed by atoms with Gasteiger partial charge in [-0.15, -0.1) is 21.5 Å². The van der Waals surface area contributed by atoms with Crippen molar-refractivity contribution in [3.8, 4) is 10.6 Å². The molecule has 0 saturated carbocycles. The van der Waals surface area contributed by atoms with Gasteiger partial charge in [-0.1, -0.05) is 30.3 Å². The van der Waals surface area contributed by atoms with Crippen LogP contribution < -0.4 is 0 Å². The fourth-order valence-corrected chi connectivity index (χ4v) is 4.84. The largest absolute Gasteiger partial charge is 0.370 e. The van der Waals surface area contributed by atoms with Gasteiger partial charge in [-0.05, 0) is 12.8 Å². The minimum atomic E-state index is 0.132. The molecule has 2 aliphatic rings. The zero-order valence-electron chi connectivity index (χ0n) is 15.3. The van der Waals surface area contributed by atoms with Crippen LogP contribution in [0.25, 0.3) is 10.6 Å². The molecule has 1 atom stereocenters. The fourth-order valence-electron chi connectivity index (χ4n) is 3.88. The van der Waals surface area contributed by atoms with Gasteiger partial charge in [0, 0.05) is 55.8 Å². The molecule has 0 radical (unpaired) electrons. The molecule has 0 spiro atoms. The van der Waals surface area contributed by atoms with Crippen LogP contribution in [0.4, 0.5) is 0 Å². The number of thiazole rings is 1.